The van der Waals surface area contributed by atoms with E-state index in [4.69, 9.17) is 5.73 Å². The molecule has 0 amide bonds. The van der Waals surface area contributed by atoms with Crippen LogP contribution in [0.15, 0.2) is 42.7 Å². The molecule has 0 aliphatic carbocycles. The second kappa shape index (κ2) is 5.30. The van der Waals surface area contributed by atoms with Crippen molar-refractivity contribution in [3.8, 4) is 0 Å². The molecule has 0 radical (unpaired) electrons. The summed E-state index contributed by atoms with van der Waals surface area (Å²) in [4.78, 5) is 8.13. The van der Waals surface area contributed by atoms with Gasteiger partial charge >= 0.3 is 0 Å². The largest absolute Gasteiger partial charge is 0.381 e. The van der Waals surface area contributed by atoms with Gasteiger partial charge in [0.2, 0.25) is 0 Å². The number of benzene rings is 1. The first-order valence-electron chi connectivity index (χ1n) is 5.62. The van der Waals surface area contributed by atoms with E-state index in [0.29, 0.717) is 17.6 Å². The number of hydrogen-bond acceptors (Lipinski definition) is 4. The van der Waals surface area contributed by atoms with Crippen LogP contribution in [0.1, 0.15) is 18.4 Å². The fourth-order valence-electron chi connectivity index (χ4n) is 1.63. The Morgan fingerprint density at radius 2 is 1.88 bits per heavy atom. The summed E-state index contributed by atoms with van der Waals surface area (Å²) in [6.07, 6.45) is 3.22. The number of nitrogens with two attached hydrogens (primary N) is 1. The van der Waals surface area contributed by atoms with Crippen molar-refractivity contribution in [2.45, 2.75) is 12.8 Å². The molecule has 88 valence electrons. The van der Waals surface area contributed by atoms with Crippen LogP contribution < -0.4 is 11.1 Å². The smallest absolute Gasteiger partial charge is 0.168 e. The fourth-order valence-corrected chi connectivity index (χ4v) is 1.63. The molecule has 0 saturated heterocycles. The second-order valence-electron chi connectivity index (χ2n) is 3.98. The molecule has 0 saturated carbocycles. The molecule has 0 bridgehead atoms. The van der Waals surface area contributed by atoms with Crippen LogP contribution >= 0.6 is 0 Å². The van der Waals surface area contributed by atoms with Crippen molar-refractivity contribution in [2.24, 2.45) is 0 Å². The van der Waals surface area contributed by atoms with Gasteiger partial charge in [0.15, 0.2) is 11.6 Å². The molecule has 2 aromatic rings. The van der Waals surface area contributed by atoms with Gasteiger partial charge in [-0.25, -0.2) is 9.97 Å². The maximum atomic E-state index is 5.71. The first kappa shape index (κ1) is 11.4. The Labute approximate surface area is 101 Å². The van der Waals surface area contributed by atoms with Gasteiger partial charge in [0.1, 0.15) is 0 Å². The highest BCUT2D eigenvalue weighted by atomic mass is 15.0. The maximum Gasteiger partial charge on any atom is 0.168 e. The lowest BCUT2D eigenvalue weighted by Crippen LogP contribution is -2.12. The lowest BCUT2D eigenvalue weighted by atomic mass is 10.0. The highest BCUT2D eigenvalue weighted by molar-refractivity contribution is 5.55. The number of rotatable bonds is 4. The molecule has 1 atom stereocenters. The quantitative estimate of drug-likeness (QED) is 0.842. The van der Waals surface area contributed by atoms with Crippen LogP contribution in [0.3, 0.4) is 0 Å². The first-order chi connectivity index (χ1) is 8.27. The normalized spacial score (nSPS) is 12.1. The van der Waals surface area contributed by atoms with E-state index in [-0.39, 0.29) is 0 Å². The van der Waals surface area contributed by atoms with Gasteiger partial charge in [0.05, 0.1) is 0 Å². The zero-order valence-electron chi connectivity index (χ0n) is 9.80. The first-order valence-corrected chi connectivity index (χ1v) is 5.62. The summed E-state index contributed by atoms with van der Waals surface area (Å²) in [5.41, 5.74) is 7.00. The Bertz CT molecular complexity index is 470. The molecule has 1 heterocycles. The van der Waals surface area contributed by atoms with Gasteiger partial charge in [-0.15, -0.1) is 0 Å². The topological polar surface area (TPSA) is 63.8 Å². The summed E-state index contributed by atoms with van der Waals surface area (Å²) in [7, 11) is 0. The number of nitrogens with zero attached hydrogens (tertiary/aromatic N) is 2. The standard InChI is InChI=1S/C13H16N4/c1-10(11-5-3-2-4-6-11)9-17-13-12(14)15-7-8-16-13/h2-8,10H,9H2,1H3,(H2,14,15)(H,16,17). The van der Waals surface area contributed by atoms with Gasteiger partial charge in [-0.1, -0.05) is 37.3 Å². The Morgan fingerprint density at radius 3 is 2.59 bits per heavy atom. The summed E-state index contributed by atoms with van der Waals surface area (Å²) in [6, 6.07) is 10.3. The van der Waals surface area contributed by atoms with E-state index in [2.05, 4.69) is 34.3 Å². The predicted octanol–water partition coefficient (Wildman–Crippen LogP) is 2.27. The van der Waals surface area contributed by atoms with Crippen molar-refractivity contribution in [3.05, 3.63) is 48.3 Å². The Balaban J connectivity index is 1.97. The monoisotopic (exact) mass is 228 g/mol. The molecular formula is C13H16N4. The van der Waals surface area contributed by atoms with Crippen molar-refractivity contribution in [3.63, 3.8) is 0 Å². The van der Waals surface area contributed by atoms with Gasteiger partial charge in [-0.3, -0.25) is 0 Å². The third-order valence-electron chi connectivity index (χ3n) is 2.67. The minimum absolute atomic E-state index is 0.401. The van der Waals surface area contributed by atoms with Crippen molar-refractivity contribution < 1.29 is 0 Å². The predicted molar refractivity (Wildman–Crippen MR) is 69.8 cm³/mol. The number of nitrogen functional groups attached to an aromatic ring is 1. The van der Waals surface area contributed by atoms with E-state index in [1.807, 2.05) is 18.2 Å². The van der Waals surface area contributed by atoms with Crippen molar-refractivity contribution in [1.29, 1.82) is 0 Å². The van der Waals surface area contributed by atoms with Crippen LogP contribution in [0.4, 0.5) is 11.6 Å². The zero-order chi connectivity index (χ0) is 12.1. The molecule has 1 unspecified atom stereocenters. The van der Waals surface area contributed by atoms with Crippen LogP contribution in [0, 0.1) is 0 Å². The third-order valence-corrected chi connectivity index (χ3v) is 2.67. The van der Waals surface area contributed by atoms with Crippen LogP contribution in [0.2, 0.25) is 0 Å². The fraction of sp³-hybridized carbons (Fsp3) is 0.231. The Hall–Kier alpha value is -2.10. The molecule has 1 aromatic heterocycles. The molecular weight excluding hydrogens is 212 g/mol. The Morgan fingerprint density at radius 1 is 1.18 bits per heavy atom. The maximum absolute atomic E-state index is 5.71. The molecule has 3 N–H and O–H groups in total. The average molecular weight is 228 g/mol. The molecule has 0 fully saturated rings. The van der Waals surface area contributed by atoms with Crippen LogP contribution in [0.25, 0.3) is 0 Å². The summed E-state index contributed by atoms with van der Waals surface area (Å²) >= 11 is 0. The third kappa shape index (κ3) is 2.93. The van der Waals surface area contributed by atoms with E-state index in [0.717, 1.165) is 6.54 Å². The van der Waals surface area contributed by atoms with Crippen LogP contribution in [0.5, 0.6) is 0 Å². The summed E-state index contributed by atoms with van der Waals surface area (Å²) in [5, 5.41) is 3.21. The lowest BCUT2D eigenvalue weighted by molar-refractivity contribution is 0.801. The van der Waals surface area contributed by atoms with E-state index in [1.54, 1.807) is 12.4 Å². The number of nitrogens with one attached hydrogen (secondary N) is 1. The van der Waals surface area contributed by atoms with Gasteiger partial charge in [-0.05, 0) is 11.5 Å². The molecule has 4 heteroatoms. The second-order valence-corrected chi connectivity index (χ2v) is 3.98. The van der Waals surface area contributed by atoms with Crippen LogP contribution in [-0.2, 0) is 0 Å². The van der Waals surface area contributed by atoms with Gasteiger partial charge in [0, 0.05) is 18.9 Å². The average Bonchev–Trinajstić information content (AvgIpc) is 2.38. The molecule has 17 heavy (non-hydrogen) atoms. The van der Waals surface area contributed by atoms with E-state index in [9.17, 15) is 0 Å². The molecule has 1 aromatic carbocycles. The summed E-state index contributed by atoms with van der Waals surface area (Å²) in [5.74, 6) is 1.49. The molecule has 0 aliphatic heterocycles. The van der Waals surface area contributed by atoms with Gasteiger partial charge < -0.3 is 11.1 Å². The SMILES string of the molecule is CC(CNc1nccnc1N)c1ccccc1. The zero-order valence-corrected chi connectivity index (χ0v) is 9.80. The van der Waals surface area contributed by atoms with Crippen molar-refractivity contribution in [2.75, 3.05) is 17.6 Å². The van der Waals surface area contributed by atoms with Crippen molar-refractivity contribution >= 4 is 11.6 Å². The minimum Gasteiger partial charge on any atom is -0.381 e. The van der Waals surface area contributed by atoms with E-state index in [1.165, 1.54) is 5.56 Å². The van der Waals surface area contributed by atoms with Crippen molar-refractivity contribution in [1.82, 2.24) is 9.97 Å². The highest BCUT2D eigenvalue weighted by Crippen LogP contribution is 2.16. The molecule has 0 spiro atoms. The summed E-state index contributed by atoms with van der Waals surface area (Å²) < 4.78 is 0. The van der Waals surface area contributed by atoms with Gasteiger partial charge in [0.25, 0.3) is 0 Å². The van der Waals surface area contributed by atoms with E-state index < -0.39 is 0 Å². The Kier molecular flexibility index (Phi) is 3.55. The molecule has 0 aliphatic rings. The number of aromatic nitrogens is 2. The lowest BCUT2D eigenvalue weighted by Gasteiger charge is -2.13. The number of hydrogen-bond donors (Lipinski definition) is 2. The summed E-state index contributed by atoms with van der Waals surface area (Å²) in [6.45, 7) is 2.95. The molecule has 4 nitrogen and oxygen atoms in total. The minimum atomic E-state index is 0.401. The van der Waals surface area contributed by atoms with E-state index >= 15 is 0 Å². The van der Waals surface area contributed by atoms with Gasteiger partial charge in [-0.2, -0.15) is 0 Å². The number of anilines is 2. The van der Waals surface area contributed by atoms with Crippen LogP contribution in [-0.4, -0.2) is 16.5 Å². The highest BCUT2D eigenvalue weighted by Gasteiger charge is 2.06. The molecule has 2 rings (SSSR count).